The lowest BCUT2D eigenvalue weighted by Gasteiger charge is -2.07. The zero-order chi connectivity index (χ0) is 15.6. The minimum absolute atomic E-state index is 0.0278. The van der Waals surface area contributed by atoms with Gasteiger partial charge in [0, 0.05) is 17.3 Å². The third-order valence-electron chi connectivity index (χ3n) is 2.73. The number of halogens is 1. The topological polar surface area (TPSA) is 92.5 Å². The number of aryl methyl sites for hydroxylation is 1. The molecule has 21 heavy (non-hydrogen) atoms. The largest absolute Gasteiger partial charge is 0.502 e. The van der Waals surface area contributed by atoms with E-state index >= 15 is 0 Å². The molecule has 0 radical (unpaired) electrons. The van der Waals surface area contributed by atoms with E-state index < -0.39 is 28.1 Å². The van der Waals surface area contributed by atoms with Gasteiger partial charge in [-0.05, 0) is 42.8 Å². The summed E-state index contributed by atoms with van der Waals surface area (Å²) in [5, 5.41) is 22.5. The third kappa shape index (κ3) is 3.33. The Morgan fingerprint density at radius 2 is 2.00 bits per heavy atom. The minimum Gasteiger partial charge on any atom is -0.502 e. The van der Waals surface area contributed by atoms with Crippen LogP contribution < -0.4 is 5.32 Å². The highest BCUT2D eigenvalue weighted by atomic mass is 19.1. The molecule has 0 bridgehead atoms. The summed E-state index contributed by atoms with van der Waals surface area (Å²) in [6.07, 6.45) is 0. The first-order valence-electron chi connectivity index (χ1n) is 5.93. The van der Waals surface area contributed by atoms with Crippen molar-refractivity contribution in [2.45, 2.75) is 6.92 Å². The summed E-state index contributed by atoms with van der Waals surface area (Å²) in [5.74, 6) is -1.70. The zero-order valence-corrected chi connectivity index (χ0v) is 11.0. The maximum absolute atomic E-state index is 13.2. The van der Waals surface area contributed by atoms with Crippen molar-refractivity contribution in [3.63, 3.8) is 0 Å². The Hall–Kier alpha value is -2.96. The number of nitrogens with one attached hydrogen (secondary N) is 1. The summed E-state index contributed by atoms with van der Waals surface area (Å²) < 4.78 is 13.2. The molecular formula is C14H11FN2O4. The second-order valence-electron chi connectivity index (χ2n) is 4.43. The van der Waals surface area contributed by atoms with Crippen molar-refractivity contribution < 1.29 is 19.2 Å². The molecule has 0 saturated heterocycles. The molecule has 7 heteroatoms. The quantitative estimate of drug-likeness (QED) is 0.671. The molecular weight excluding hydrogens is 279 g/mol. The Balaban J connectivity index is 2.24. The van der Waals surface area contributed by atoms with Crippen LogP contribution in [0.3, 0.4) is 0 Å². The molecule has 0 unspecified atom stereocenters. The van der Waals surface area contributed by atoms with Crippen molar-refractivity contribution in [1.82, 2.24) is 0 Å². The van der Waals surface area contributed by atoms with Gasteiger partial charge in [-0.3, -0.25) is 14.9 Å². The summed E-state index contributed by atoms with van der Waals surface area (Å²) in [5.41, 5.74) is 0.431. The summed E-state index contributed by atoms with van der Waals surface area (Å²) in [6.45, 7) is 1.68. The van der Waals surface area contributed by atoms with Gasteiger partial charge in [-0.1, -0.05) is 0 Å². The van der Waals surface area contributed by atoms with Crippen molar-refractivity contribution in [2.75, 3.05) is 5.32 Å². The van der Waals surface area contributed by atoms with Crippen molar-refractivity contribution in [3.8, 4) is 5.75 Å². The standard InChI is InChI=1S/C14H11FN2O4/c1-8-4-10(15)7-11(5-8)16-14(19)9-2-3-12(17(20)21)13(18)6-9/h2-7,18H,1H3,(H,16,19). The Labute approximate surface area is 119 Å². The molecule has 1 amide bonds. The number of carbonyl (C=O) groups excluding carboxylic acids is 1. The number of benzene rings is 2. The Morgan fingerprint density at radius 1 is 1.29 bits per heavy atom. The first-order chi connectivity index (χ1) is 9.86. The van der Waals surface area contributed by atoms with Gasteiger partial charge < -0.3 is 10.4 Å². The minimum atomic E-state index is -0.757. The number of hydrogen-bond acceptors (Lipinski definition) is 4. The number of phenolic OH excluding ortho intramolecular Hbond substituents is 1. The monoisotopic (exact) mass is 290 g/mol. The van der Waals surface area contributed by atoms with E-state index in [2.05, 4.69) is 5.32 Å². The number of amides is 1. The summed E-state index contributed by atoms with van der Waals surface area (Å²) >= 11 is 0. The number of nitrogens with zero attached hydrogens (tertiary/aromatic N) is 1. The Morgan fingerprint density at radius 3 is 2.57 bits per heavy atom. The van der Waals surface area contributed by atoms with Gasteiger partial charge in [0.2, 0.25) is 0 Å². The van der Waals surface area contributed by atoms with Crippen molar-refractivity contribution in [1.29, 1.82) is 0 Å². The van der Waals surface area contributed by atoms with Crippen molar-refractivity contribution in [2.24, 2.45) is 0 Å². The van der Waals surface area contributed by atoms with Gasteiger partial charge in [0.05, 0.1) is 4.92 Å². The zero-order valence-electron chi connectivity index (χ0n) is 11.0. The van der Waals surface area contributed by atoms with E-state index in [-0.39, 0.29) is 11.3 Å². The van der Waals surface area contributed by atoms with Crippen LogP contribution in [-0.4, -0.2) is 15.9 Å². The number of nitro benzene ring substituents is 1. The maximum Gasteiger partial charge on any atom is 0.310 e. The number of nitro groups is 1. The van der Waals surface area contributed by atoms with Gasteiger partial charge in [-0.2, -0.15) is 0 Å². The molecule has 0 spiro atoms. The normalized spacial score (nSPS) is 10.2. The number of hydrogen-bond donors (Lipinski definition) is 2. The van der Waals surface area contributed by atoms with Crippen LogP contribution in [0.4, 0.5) is 15.8 Å². The molecule has 2 aromatic rings. The van der Waals surface area contributed by atoms with Crippen LogP contribution in [0.5, 0.6) is 5.75 Å². The van der Waals surface area contributed by atoms with Crippen molar-refractivity contribution >= 4 is 17.3 Å². The highest BCUT2D eigenvalue weighted by Gasteiger charge is 2.16. The predicted molar refractivity (Wildman–Crippen MR) is 73.9 cm³/mol. The van der Waals surface area contributed by atoms with E-state index in [0.29, 0.717) is 5.56 Å². The average Bonchev–Trinajstić information content (AvgIpc) is 2.36. The Bertz CT molecular complexity index is 711. The van der Waals surface area contributed by atoms with Crippen LogP contribution in [0, 0.1) is 22.9 Å². The molecule has 0 atom stereocenters. The fourth-order valence-corrected chi connectivity index (χ4v) is 1.83. The third-order valence-corrected chi connectivity index (χ3v) is 2.73. The number of anilines is 1. The van der Waals surface area contributed by atoms with Crippen molar-refractivity contribution in [3.05, 3.63) is 63.5 Å². The highest BCUT2D eigenvalue weighted by molar-refractivity contribution is 6.04. The van der Waals surface area contributed by atoms with Gasteiger partial charge in [0.25, 0.3) is 5.91 Å². The molecule has 0 aromatic heterocycles. The molecule has 2 aromatic carbocycles. The van der Waals surface area contributed by atoms with E-state index in [1.807, 2.05) is 0 Å². The molecule has 108 valence electrons. The average molecular weight is 290 g/mol. The SMILES string of the molecule is Cc1cc(F)cc(NC(=O)c2ccc([N+](=O)[O-])c(O)c2)c1. The number of phenols is 1. The van der Waals surface area contributed by atoms with Crippen LogP contribution in [0.2, 0.25) is 0 Å². The van der Waals surface area contributed by atoms with Gasteiger partial charge in [-0.15, -0.1) is 0 Å². The van der Waals surface area contributed by atoms with Crippen LogP contribution in [0.15, 0.2) is 36.4 Å². The van der Waals surface area contributed by atoms with Gasteiger partial charge in [-0.25, -0.2) is 4.39 Å². The lowest BCUT2D eigenvalue weighted by Crippen LogP contribution is -2.12. The fourth-order valence-electron chi connectivity index (χ4n) is 1.83. The van der Waals surface area contributed by atoms with Gasteiger partial charge >= 0.3 is 5.69 Å². The van der Waals surface area contributed by atoms with Crippen LogP contribution in [-0.2, 0) is 0 Å². The van der Waals surface area contributed by atoms with E-state index in [1.165, 1.54) is 12.1 Å². The molecule has 2 rings (SSSR count). The van der Waals surface area contributed by atoms with Crippen LogP contribution >= 0.6 is 0 Å². The van der Waals surface area contributed by atoms with Crippen LogP contribution in [0.1, 0.15) is 15.9 Å². The van der Waals surface area contributed by atoms with E-state index in [0.717, 1.165) is 18.2 Å². The lowest BCUT2D eigenvalue weighted by molar-refractivity contribution is -0.385. The van der Waals surface area contributed by atoms with Crippen LogP contribution in [0.25, 0.3) is 0 Å². The smallest absolute Gasteiger partial charge is 0.310 e. The molecule has 6 nitrogen and oxygen atoms in total. The molecule has 0 heterocycles. The summed E-state index contributed by atoms with van der Waals surface area (Å²) in [6, 6.07) is 7.26. The number of aromatic hydroxyl groups is 1. The maximum atomic E-state index is 13.2. The second-order valence-corrected chi connectivity index (χ2v) is 4.43. The van der Waals surface area contributed by atoms with E-state index in [1.54, 1.807) is 13.0 Å². The second kappa shape index (κ2) is 5.58. The summed E-state index contributed by atoms with van der Waals surface area (Å²) in [4.78, 5) is 21.8. The van der Waals surface area contributed by atoms with Gasteiger partial charge in [0.15, 0.2) is 5.75 Å². The molecule has 0 fully saturated rings. The molecule has 0 aliphatic heterocycles. The molecule has 0 aliphatic carbocycles. The summed E-state index contributed by atoms with van der Waals surface area (Å²) in [7, 11) is 0. The Kier molecular flexibility index (Phi) is 3.84. The molecule has 2 N–H and O–H groups in total. The number of carbonyl (C=O) groups is 1. The number of rotatable bonds is 3. The predicted octanol–water partition coefficient (Wildman–Crippen LogP) is 3.00. The molecule has 0 aliphatic rings. The van der Waals surface area contributed by atoms with Gasteiger partial charge in [0.1, 0.15) is 5.82 Å². The van der Waals surface area contributed by atoms with E-state index in [4.69, 9.17) is 0 Å². The first-order valence-corrected chi connectivity index (χ1v) is 5.93. The molecule has 0 saturated carbocycles. The lowest BCUT2D eigenvalue weighted by atomic mass is 10.1. The van der Waals surface area contributed by atoms with E-state index in [9.17, 15) is 24.4 Å². The fraction of sp³-hybridized carbons (Fsp3) is 0.0714. The first kappa shape index (κ1) is 14.4. The highest BCUT2D eigenvalue weighted by Crippen LogP contribution is 2.26.